The van der Waals surface area contributed by atoms with Gasteiger partial charge in [-0.3, -0.25) is 9.36 Å². The Labute approximate surface area is 154 Å². The third-order valence-corrected chi connectivity index (χ3v) is 4.08. The lowest BCUT2D eigenvalue weighted by Gasteiger charge is -2.07. The molecule has 3 rings (SSSR count). The van der Waals surface area contributed by atoms with Crippen molar-refractivity contribution in [3.63, 3.8) is 0 Å². The highest BCUT2D eigenvalue weighted by Crippen LogP contribution is 2.19. The predicted octanol–water partition coefficient (Wildman–Crippen LogP) is 1.56. The minimum atomic E-state index is -0.890. The number of anilines is 1. The second-order valence-corrected chi connectivity index (χ2v) is 6.20. The summed E-state index contributed by atoms with van der Waals surface area (Å²) >= 11 is 0. The van der Waals surface area contributed by atoms with E-state index in [1.54, 1.807) is 24.3 Å². The van der Waals surface area contributed by atoms with Crippen LogP contribution in [0.5, 0.6) is 6.01 Å². The van der Waals surface area contributed by atoms with E-state index >= 15 is 0 Å². The number of nitrogens with zero attached hydrogens (tertiary/aromatic N) is 3. The van der Waals surface area contributed by atoms with Gasteiger partial charge in [-0.05, 0) is 17.5 Å². The molecule has 0 aliphatic carbocycles. The first-order chi connectivity index (χ1) is 13.0. The minimum absolute atomic E-state index is 0.0461. The normalized spacial score (nSPS) is 11.0. The number of aromatic nitrogens is 4. The van der Waals surface area contributed by atoms with Crippen molar-refractivity contribution in [3.05, 3.63) is 45.9 Å². The summed E-state index contributed by atoms with van der Waals surface area (Å²) in [7, 11) is 0. The summed E-state index contributed by atoms with van der Waals surface area (Å²) in [5.74, 6) is -0.738. The maximum absolute atomic E-state index is 12.3. The van der Waals surface area contributed by atoms with E-state index in [1.807, 2.05) is 6.92 Å². The Morgan fingerprint density at radius 2 is 1.96 bits per heavy atom. The summed E-state index contributed by atoms with van der Waals surface area (Å²) in [6.07, 6.45) is 1.80. The van der Waals surface area contributed by atoms with Gasteiger partial charge in [0.25, 0.3) is 0 Å². The van der Waals surface area contributed by atoms with Gasteiger partial charge in [-0.15, -0.1) is 0 Å². The van der Waals surface area contributed by atoms with E-state index in [4.69, 9.17) is 15.6 Å². The quantitative estimate of drug-likeness (QED) is 0.511. The van der Waals surface area contributed by atoms with Crippen LogP contribution in [-0.4, -0.2) is 37.2 Å². The monoisotopic (exact) mass is 371 g/mol. The molecule has 3 aromatic rings. The summed E-state index contributed by atoms with van der Waals surface area (Å²) < 4.78 is 6.97. The van der Waals surface area contributed by atoms with Crippen LogP contribution in [0.15, 0.2) is 29.1 Å². The van der Waals surface area contributed by atoms with E-state index in [1.165, 1.54) is 4.57 Å². The standard InChI is InChI=1S/C18H21N5O4/c1-2-3-8-27-17-21-15(19)14-16(22-17)23(18(26)20-14)10-12-6-4-11(5-7-12)9-13(24)25/h4-7H,2-3,8-10H2,1H3,(H,20,26)(H,24,25)(H2,19,21,22). The molecule has 0 bridgehead atoms. The van der Waals surface area contributed by atoms with Crippen molar-refractivity contribution in [3.8, 4) is 6.01 Å². The van der Waals surface area contributed by atoms with Gasteiger partial charge in [0, 0.05) is 0 Å². The highest BCUT2D eigenvalue weighted by atomic mass is 16.5. The number of aliphatic carboxylic acids is 1. The van der Waals surface area contributed by atoms with E-state index < -0.39 is 5.97 Å². The van der Waals surface area contributed by atoms with E-state index in [2.05, 4.69) is 15.0 Å². The zero-order valence-corrected chi connectivity index (χ0v) is 14.9. The molecule has 2 heterocycles. The second-order valence-electron chi connectivity index (χ2n) is 6.20. The van der Waals surface area contributed by atoms with Gasteiger partial charge in [0.1, 0.15) is 5.52 Å². The number of imidazole rings is 1. The average Bonchev–Trinajstić information content (AvgIpc) is 2.93. The SMILES string of the molecule is CCCCOc1nc(N)c2[nH]c(=O)n(Cc3ccc(CC(=O)O)cc3)c2n1. The molecule has 142 valence electrons. The Morgan fingerprint density at radius 1 is 1.26 bits per heavy atom. The van der Waals surface area contributed by atoms with Gasteiger partial charge in [-0.1, -0.05) is 37.6 Å². The molecule has 0 unspecified atom stereocenters. The van der Waals surface area contributed by atoms with Gasteiger partial charge < -0.3 is 20.6 Å². The molecule has 0 fully saturated rings. The maximum Gasteiger partial charge on any atom is 0.328 e. The van der Waals surface area contributed by atoms with Crippen LogP contribution in [0.2, 0.25) is 0 Å². The van der Waals surface area contributed by atoms with E-state index in [9.17, 15) is 9.59 Å². The number of aromatic amines is 1. The Morgan fingerprint density at radius 3 is 2.63 bits per heavy atom. The molecular formula is C18H21N5O4. The van der Waals surface area contributed by atoms with Crippen molar-refractivity contribution in [2.45, 2.75) is 32.7 Å². The third-order valence-electron chi connectivity index (χ3n) is 4.08. The first-order valence-corrected chi connectivity index (χ1v) is 8.66. The molecule has 0 atom stereocenters. The van der Waals surface area contributed by atoms with E-state index in [0.29, 0.717) is 23.3 Å². The number of carboxylic acids is 1. The van der Waals surface area contributed by atoms with Crippen molar-refractivity contribution in [1.29, 1.82) is 0 Å². The number of nitrogens with two attached hydrogens (primary N) is 1. The molecule has 27 heavy (non-hydrogen) atoms. The molecule has 0 saturated heterocycles. The van der Waals surface area contributed by atoms with Gasteiger partial charge in [-0.2, -0.15) is 9.97 Å². The molecule has 0 saturated carbocycles. The number of nitrogen functional groups attached to an aromatic ring is 1. The number of fused-ring (bicyclic) bond motifs is 1. The van der Waals surface area contributed by atoms with Crippen LogP contribution in [0.25, 0.3) is 11.2 Å². The molecule has 0 radical (unpaired) electrons. The van der Waals surface area contributed by atoms with Crippen molar-refractivity contribution in [1.82, 2.24) is 19.5 Å². The lowest BCUT2D eigenvalue weighted by molar-refractivity contribution is -0.136. The van der Waals surface area contributed by atoms with Crippen molar-refractivity contribution in [2.24, 2.45) is 0 Å². The van der Waals surface area contributed by atoms with Crippen molar-refractivity contribution in [2.75, 3.05) is 12.3 Å². The van der Waals surface area contributed by atoms with Crippen LogP contribution in [0.4, 0.5) is 5.82 Å². The Bertz CT molecular complexity index is 1010. The Kier molecular flexibility index (Phi) is 5.39. The van der Waals surface area contributed by atoms with Gasteiger partial charge in [0.15, 0.2) is 11.5 Å². The second kappa shape index (κ2) is 7.90. The Balaban J connectivity index is 1.90. The van der Waals surface area contributed by atoms with Gasteiger partial charge in [-0.25, -0.2) is 4.79 Å². The van der Waals surface area contributed by atoms with Crippen LogP contribution in [-0.2, 0) is 17.8 Å². The number of H-pyrrole nitrogens is 1. The third kappa shape index (κ3) is 4.25. The first-order valence-electron chi connectivity index (χ1n) is 8.66. The van der Waals surface area contributed by atoms with E-state index in [-0.39, 0.29) is 30.5 Å². The number of benzene rings is 1. The largest absolute Gasteiger partial charge is 0.481 e. The Hall–Kier alpha value is -3.36. The van der Waals surface area contributed by atoms with Crippen LogP contribution in [0, 0.1) is 0 Å². The number of carbonyl (C=O) groups is 1. The first kappa shape index (κ1) is 18.4. The minimum Gasteiger partial charge on any atom is -0.481 e. The van der Waals surface area contributed by atoms with Gasteiger partial charge in [0.2, 0.25) is 0 Å². The average molecular weight is 371 g/mol. The molecule has 0 aliphatic heterocycles. The van der Waals surface area contributed by atoms with Gasteiger partial charge in [0.05, 0.1) is 19.6 Å². The predicted molar refractivity (Wildman–Crippen MR) is 99.8 cm³/mol. The number of rotatable bonds is 8. The summed E-state index contributed by atoms with van der Waals surface area (Å²) in [5, 5.41) is 8.84. The molecule has 1 aromatic carbocycles. The molecule has 0 amide bonds. The molecule has 0 aliphatic rings. The lowest BCUT2D eigenvalue weighted by Crippen LogP contribution is -2.18. The molecular weight excluding hydrogens is 350 g/mol. The smallest absolute Gasteiger partial charge is 0.328 e. The number of hydrogen-bond acceptors (Lipinski definition) is 6. The molecule has 2 aromatic heterocycles. The number of carboxylic acid groups (broad SMARTS) is 1. The van der Waals surface area contributed by atoms with Crippen LogP contribution in [0.1, 0.15) is 30.9 Å². The van der Waals surface area contributed by atoms with Crippen molar-refractivity contribution >= 4 is 23.0 Å². The summed E-state index contributed by atoms with van der Waals surface area (Å²) in [6.45, 7) is 2.78. The number of hydrogen-bond donors (Lipinski definition) is 3. The summed E-state index contributed by atoms with van der Waals surface area (Å²) in [6, 6.07) is 7.16. The highest BCUT2D eigenvalue weighted by molar-refractivity contribution is 5.82. The number of ether oxygens (including phenoxy) is 1. The van der Waals surface area contributed by atoms with Crippen LogP contribution >= 0.6 is 0 Å². The zero-order chi connectivity index (χ0) is 19.4. The topological polar surface area (TPSA) is 136 Å². The molecule has 0 spiro atoms. The lowest BCUT2D eigenvalue weighted by atomic mass is 10.1. The van der Waals surface area contributed by atoms with Gasteiger partial charge >= 0.3 is 17.7 Å². The molecule has 9 heteroatoms. The van der Waals surface area contributed by atoms with Crippen LogP contribution in [0.3, 0.4) is 0 Å². The number of nitrogens with one attached hydrogen (secondary N) is 1. The maximum atomic E-state index is 12.3. The fourth-order valence-electron chi connectivity index (χ4n) is 2.67. The fourth-order valence-corrected chi connectivity index (χ4v) is 2.67. The van der Waals surface area contributed by atoms with E-state index in [0.717, 1.165) is 18.4 Å². The summed E-state index contributed by atoms with van der Waals surface area (Å²) in [5.41, 5.74) is 7.83. The zero-order valence-electron chi connectivity index (χ0n) is 14.9. The van der Waals surface area contributed by atoms with Crippen LogP contribution < -0.4 is 16.2 Å². The summed E-state index contributed by atoms with van der Waals surface area (Å²) in [4.78, 5) is 34.2. The van der Waals surface area contributed by atoms with Crippen molar-refractivity contribution < 1.29 is 14.6 Å². The number of unbranched alkanes of at least 4 members (excludes halogenated alkanes) is 1. The molecule has 4 N–H and O–H groups in total. The fraction of sp³-hybridized carbons (Fsp3) is 0.333. The highest BCUT2D eigenvalue weighted by Gasteiger charge is 2.15. The molecule has 9 nitrogen and oxygen atoms in total.